The molecule has 0 fully saturated rings. The maximum absolute atomic E-state index is 14.2. The monoisotopic (exact) mass is 473 g/mol. The van der Waals surface area contributed by atoms with Crippen LogP contribution in [0.3, 0.4) is 0 Å². The molecule has 5 nitrogen and oxygen atoms in total. The van der Waals surface area contributed by atoms with Crippen molar-refractivity contribution in [2.24, 2.45) is 0 Å². The minimum Gasteiger partial charge on any atom is -0.507 e. The lowest BCUT2D eigenvalue weighted by molar-refractivity contribution is -0.137. The van der Waals surface area contributed by atoms with Crippen molar-refractivity contribution in [3.05, 3.63) is 114 Å². The van der Waals surface area contributed by atoms with Gasteiger partial charge in [0, 0.05) is 11.6 Å². The molecule has 7 heteroatoms. The summed E-state index contributed by atoms with van der Waals surface area (Å²) in [5, 5.41) is 22.3. The smallest absolute Gasteiger partial charge is 0.305 e. The number of amides is 1. The van der Waals surface area contributed by atoms with Gasteiger partial charge >= 0.3 is 5.97 Å². The molecule has 3 N–H and O–H groups in total. The first-order valence-corrected chi connectivity index (χ1v) is 10.8. The number of benzene rings is 4. The van der Waals surface area contributed by atoms with Crippen LogP contribution in [0.25, 0.3) is 22.3 Å². The first-order valence-electron chi connectivity index (χ1n) is 10.8. The molecule has 4 aromatic rings. The normalized spacial score (nSPS) is 11.6. The van der Waals surface area contributed by atoms with E-state index in [1.54, 1.807) is 12.1 Å². The fourth-order valence-corrected chi connectivity index (χ4v) is 3.81. The van der Waals surface area contributed by atoms with Gasteiger partial charge in [-0.05, 0) is 46.5 Å². The molecular formula is C28H21F2NO4. The van der Waals surface area contributed by atoms with Crippen LogP contribution < -0.4 is 5.32 Å². The van der Waals surface area contributed by atoms with E-state index in [0.717, 1.165) is 23.3 Å². The molecule has 0 heterocycles. The predicted molar refractivity (Wildman–Crippen MR) is 128 cm³/mol. The second kappa shape index (κ2) is 10.2. The van der Waals surface area contributed by atoms with Crippen molar-refractivity contribution >= 4 is 11.9 Å². The van der Waals surface area contributed by atoms with Crippen LogP contribution in [0.4, 0.5) is 8.78 Å². The van der Waals surface area contributed by atoms with E-state index < -0.39 is 29.6 Å². The number of rotatable bonds is 7. The van der Waals surface area contributed by atoms with Crippen LogP contribution in [-0.2, 0) is 4.79 Å². The number of aromatic hydroxyl groups is 1. The molecule has 1 amide bonds. The number of phenolic OH excluding ortho intramolecular Hbond substituents is 1. The van der Waals surface area contributed by atoms with Crippen LogP contribution in [0.2, 0.25) is 0 Å². The maximum Gasteiger partial charge on any atom is 0.305 e. The largest absolute Gasteiger partial charge is 0.507 e. The van der Waals surface area contributed by atoms with E-state index in [1.165, 1.54) is 24.3 Å². The minimum atomic E-state index is -1.12. The van der Waals surface area contributed by atoms with E-state index >= 15 is 0 Å². The molecule has 4 rings (SSSR count). The van der Waals surface area contributed by atoms with E-state index in [4.69, 9.17) is 0 Å². The topological polar surface area (TPSA) is 86.6 Å². The van der Waals surface area contributed by atoms with Gasteiger partial charge in [0.2, 0.25) is 0 Å². The Morgan fingerprint density at radius 2 is 1.46 bits per heavy atom. The Morgan fingerprint density at radius 3 is 2.11 bits per heavy atom. The summed E-state index contributed by atoms with van der Waals surface area (Å²) in [6.07, 6.45) is -0.385. The Morgan fingerprint density at radius 1 is 0.800 bits per heavy atom. The Hall–Kier alpha value is -4.52. The van der Waals surface area contributed by atoms with Gasteiger partial charge in [0.1, 0.15) is 17.4 Å². The van der Waals surface area contributed by atoms with E-state index in [0.29, 0.717) is 5.56 Å². The second-order valence-electron chi connectivity index (χ2n) is 7.97. The van der Waals surface area contributed by atoms with E-state index in [2.05, 4.69) is 5.32 Å². The number of hydrogen-bond acceptors (Lipinski definition) is 3. The fourth-order valence-electron chi connectivity index (χ4n) is 3.81. The van der Waals surface area contributed by atoms with Crippen LogP contribution in [0.5, 0.6) is 5.75 Å². The molecule has 35 heavy (non-hydrogen) atoms. The highest BCUT2D eigenvalue weighted by Gasteiger charge is 2.22. The molecule has 0 aliphatic carbocycles. The zero-order valence-corrected chi connectivity index (χ0v) is 18.4. The average Bonchev–Trinajstić information content (AvgIpc) is 2.84. The first-order chi connectivity index (χ1) is 16.8. The molecule has 0 aliphatic rings. The third kappa shape index (κ3) is 5.52. The van der Waals surface area contributed by atoms with Crippen molar-refractivity contribution < 1.29 is 28.6 Å². The SMILES string of the molecule is O=C(O)CC(NC(=O)c1cc(-c2ccc(F)cc2F)ccc1O)c1ccc(-c2ccccc2)cc1. The van der Waals surface area contributed by atoms with Crippen LogP contribution in [0.1, 0.15) is 28.4 Å². The van der Waals surface area contributed by atoms with Crippen molar-refractivity contribution in [1.29, 1.82) is 0 Å². The maximum atomic E-state index is 14.2. The number of carboxylic acids is 1. The molecular weight excluding hydrogens is 452 g/mol. The molecule has 0 radical (unpaired) electrons. The van der Waals surface area contributed by atoms with Gasteiger partial charge in [-0.15, -0.1) is 0 Å². The number of hydrogen-bond donors (Lipinski definition) is 3. The van der Waals surface area contributed by atoms with Gasteiger partial charge < -0.3 is 15.5 Å². The Balaban J connectivity index is 1.61. The highest BCUT2D eigenvalue weighted by Crippen LogP contribution is 2.29. The van der Waals surface area contributed by atoms with Gasteiger partial charge in [0.15, 0.2) is 0 Å². The summed E-state index contributed by atoms with van der Waals surface area (Å²) in [5.41, 5.74) is 2.64. The molecule has 1 unspecified atom stereocenters. The van der Waals surface area contributed by atoms with Crippen molar-refractivity contribution in [2.75, 3.05) is 0 Å². The summed E-state index contributed by atoms with van der Waals surface area (Å²) < 4.78 is 27.5. The predicted octanol–water partition coefficient (Wildman–Crippen LogP) is 5.95. The number of carbonyl (C=O) groups excluding carboxylic acids is 1. The molecule has 0 bridgehead atoms. The average molecular weight is 473 g/mol. The van der Waals surface area contributed by atoms with Crippen molar-refractivity contribution in [1.82, 2.24) is 5.32 Å². The van der Waals surface area contributed by atoms with Gasteiger partial charge in [0.25, 0.3) is 5.91 Å². The van der Waals surface area contributed by atoms with Crippen LogP contribution in [-0.4, -0.2) is 22.1 Å². The summed E-state index contributed by atoms with van der Waals surface area (Å²) in [6, 6.07) is 22.9. The van der Waals surface area contributed by atoms with E-state index in [-0.39, 0.29) is 28.9 Å². The third-order valence-corrected chi connectivity index (χ3v) is 5.59. The van der Waals surface area contributed by atoms with Gasteiger partial charge in [-0.2, -0.15) is 0 Å². The lowest BCUT2D eigenvalue weighted by Gasteiger charge is -2.19. The molecule has 0 saturated heterocycles. The van der Waals surface area contributed by atoms with Gasteiger partial charge in [-0.3, -0.25) is 9.59 Å². The summed E-state index contributed by atoms with van der Waals surface area (Å²) in [5.74, 6) is -3.76. The number of phenols is 1. The van der Waals surface area contributed by atoms with Gasteiger partial charge in [-0.1, -0.05) is 60.7 Å². The van der Waals surface area contributed by atoms with Crippen LogP contribution in [0.15, 0.2) is 91.0 Å². The second-order valence-corrected chi connectivity index (χ2v) is 7.97. The Labute approximate surface area is 200 Å². The highest BCUT2D eigenvalue weighted by molar-refractivity contribution is 5.98. The summed E-state index contributed by atoms with van der Waals surface area (Å²) in [6.45, 7) is 0. The Bertz CT molecular complexity index is 1370. The fraction of sp³-hybridized carbons (Fsp3) is 0.0714. The number of carbonyl (C=O) groups is 2. The molecule has 0 aliphatic heterocycles. The van der Waals surface area contributed by atoms with E-state index in [1.807, 2.05) is 42.5 Å². The van der Waals surface area contributed by atoms with Crippen molar-refractivity contribution in [3.63, 3.8) is 0 Å². The minimum absolute atomic E-state index is 0.0547. The zero-order chi connectivity index (χ0) is 24.9. The van der Waals surface area contributed by atoms with Crippen LogP contribution >= 0.6 is 0 Å². The van der Waals surface area contributed by atoms with Crippen molar-refractivity contribution in [3.8, 4) is 28.0 Å². The van der Waals surface area contributed by atoms with Gasteiger partial charge in [-0.25, -0.2) is 8.78 Å². The molecule has 0 aromatic heterocycles. The quantitative estimate of drug-likeness (QED) is 0.310. The number of carboxylic acid groups (broad SMARTS) is 1. The first kappa shape index (κ1) is 23.6. The third-order valence-electron chi connectivity index (χ3n) is 5.59. The Kier molecular flexibility index (Phi) is 6.87. The van der Waals surface area contributed by atoms with Crippen LogP contribution in [0, 0.1) is 11.6 Å². The summed E-state index contributed by atoms with van der Waals surface area (Å²) in [4.78, 5) is 24.5. The van der Waals surface area contributed by atoms with Gasteiger partial charge in [0.05, 0.1) is 18.0 Å². The number of aliphatic carboxylic acids is 1. The highest BCUT2D eigenvalue weighted by atomic mass is 19.1. The number of halogens is 2. The van der Waals surface area contributed by atoms with E-state index in [9.17, 15) is 28.6 Å². The number of nitrogens with one attached hydrogen (secondary N) is 1. The lowest BCUT2D eigenvalue weighted by atomic mass is 9.98. The molecule has 1 atom stereocenters. The molecule has 176 valence electrons. The lowest BCUT2D eigenvalue weighted by Crippen LogP contribution is -2.30. The molecule has 4 aromatic carbocycles. The summed E-state index contributed by atoms with van der Waals surface area (Å²) in [7, 11) is 0. The zero-order valence-electron chi connectivity index (χ0n) is 18.4. The van der Waals surface area contributed by atoms with Crippen molar-refractivity contribution in [2.45, 2.75) is 12.5 Å². The standard InChI is InChI=1S/C28H21F2NO4/c29-21-11-12-22(24(30)15-21)20-10-13-26(32)23(14-20)28(35)31-25(16-27(33)34)19-8-6-18(7-9-19)17-4-2-1-3-5-17/h1-15,25,32H,16H2,(H,31,35)(H,33,34). The molecule has 0 spiro atoms. The summed E-state index contributed by atoms with van der Waals surface area (Å²) >= 11 is 0. The molecule has 0 saturated carbocycles.